The molecule has 0 saturated heterocycles. The lowest BCUT2D eigenvalue weighted by atomic mass is 10.2. The third kappa shape index (κ3) is 2.86. The van der Waals surface area contributed by atoms with E-state index in [-0.39, 0.29) is 5.88 Å². The van der Waals surface area contributed by atoms with Crippen molar-refractivity contribution in [2.45, 2.75) is 13.5 Å². The molecule has 1 aromatic heterocycles. The minimum absolute atomic E-state index is 0.0369. The number of hydrogen-bond donors (Lipinski definition) is 1. The first-order chi connectivity index (χ1) is 9.15. The fraction of sp³-hybridized carbons (Fsp3) is 0.167. The summed E-state index contributed by atoms with van der Waals surface area (Å²) in [6, 6.07) is 8.73. The first kappa shape index (κ1) is 13.4. The summed E-state index contributed by atoms with van der Waals surface area (Å²) >= 11 is 6.31. The Bertz CT molecular complexity index is 707. The number of rotatable bonds is 3. The van der Waals surface area contributed by atoms with Crippen molar-refractivity contribution in [3.8, 4) is 11.9 Å². The van der Waals surface area contributed by atoms with Crippen molar-refractivity contribution in [1.82, 2.24) is 4.57 Å². The van der Waals surface area contributed by atoms with E-state index in [4.69, 9.17) is 17.5 Å². The maximum absolute atomic E-state index is 9.88. The lowest BCUT2D eigenvalue weighted by Gasteiger charge is -1.97. The number of nitriles is 1. The molecule has 0 aliphatic heterocycles. The SMILES string of the molecule is CCn1c(O)c(N=Nc2ccc(C#N)cc2)sc1=S. The molecule has 0 bridgehead atoms. The van der Waals surface area contributed by atoms with Gasteiger partial charge in [-0.25, -0.2) is 0 Å². The lowest BCUT2D eigenvalue weighted by molar-refractivity contribution is 0.421. The van der Waals surface area contributed by atoms with Crippen LogP contribution in [0.5, 0.6) is 5.88 Å². The summed E-state index contributed by atoms with van der Waals surface area (Å²) in [5, 5.41) is 26.9. The predicted molar refractivity (Wildman–Crippen MR) is 75.8 cm³/mol. The number of aromatic nitrogens is 1. The van der Waals surface area contributed by atoms with Gasteiger partial charge in [-0.2, -0.15) is 5.26 Å². The zero-order valence-electron chi connectivity index (χ0n) is 10.1. The van der Waals surface area contributed by atoms with Crippen LogP contribution in [-0.2, 0) is 6.54 Å². The molecule has 0 spiro atoms. The van der Waals surface area contributed by atoms with Crippen LogP contribution < -0.4 is 0 Å². The molecule has 7 heteroatoms. The van der Waals surface area contributed by atoms with E-state index in [1.807, 2.05) is 13.0 Å². The number of thiazole rings is 1. The number of benzene rings is 1. The Balaban J connectivity index is 2.27. The molecule has 96 valence electrons. The van der Waals surface area contributed by atoms with E-state index >= 15 is 0 Å². The van der Waals surface area contributed by atoms with Crippen LogP contribution in [0.15, 0.2) is 34.5 Å². The molecule has 1 aromatic carbocycles. The van der Waals surface area contributed by atoms with E-state index < -0.39 is 0 Å². The smallest absolute Gasteiger partial charge is 0.232 e. The Morgan fingerprint density at radius 3 is 2.58 bits per heavy atom. The molecule has 0 aliphatic rings. The van der Waals surface area contributed by atoms with E-state index in [1.165, 1.54) is 11.3 Å². The zero-order valence-corrected chi connectivity index (χ0v) is 11.7. The van der Waals surface area contributed by atoms with Gasteiger partial charge in [-0.05, 0) is 43.4 Å². The number of aromatic hydroxyl groups is 1. The van der Waals surface area contributed by atoms with E-state index in [0.717, 1.165) is 0 Å². The minimum atomic E-state index is 0.0369. The van der Waals surface area contributed by atoms with Crippen molar-refractivity contribution >= 4 is 34.2 Å². The third-order valence-electron chi connectivity index (χ3n) is 2.42. The molecule has 2 aromatic rings. The van der Waals surface area contributed by atoms with Crippen molar-refractivity contribution in [2.75, 3.05) is 0 Å². The zero-order chi connectivity index (χ0) is 13.8. The molecule has 0 fully saturated rings. The molecule has 0 atom stereocenters. The molecular formula is C12H10N4OS2. The molecule has 0 unspecified atom stereocenters. The first-order valence-corrected chi connectivity index (χ1v) is 6.72. The van der Waals surface area contributed by atoms with Gasteiger partial charge >= 0.3 is 0 Å². The van der Waals surface area contributed by atoms with Crippen molar-refractivity contribution in [3.05, 3.63) is 33.8 Å². The highest BCUT2D eigenvalue weighted by Gasteiger charge is 2.09. The highest BCUT2D eigenvalue weighted by molar-refractivity contribution is 7.73. The summed E-state index contributed by atoms with van der Waals surface area (Å²) in [6.07, 6.45) is 0. The quantitative estimate of drug-likeness (QED) is 0.676. The second kappa shape index (κ2) is 5.73. The van der Waals surface area contributed by atoms with Crippen LogP contribution in [0.1, 0.15) is 12.5 Å². The van der Waals surface area contributed by atoms with Crippen LogP contribution in [0.25, 0.3) is 0 Å². The first-order valence-electron chi connectivity index (χ1n) is 5.50. The van der Waals surface area contributed by atoms with Gasteiger partial charge in [0.15, 0.2) is 3.95 Å². The average molecular weight is 290 g/mol. The molecule has 2 rings (SSSR count). The normalized spacial score (nSPS) is 10.7. The van der Waals surface area contributed by atoms with E-state index in [0.29, 0.717) is 26.8 Å². The van der Waals surface area contributed by atoms with Crippen LogP contribution >= 0.6 is 23.6 Å². The second-order valence-electron chi connectivity index (χ2n) is 3.60. The summed E-state index contributed by atoms with van der Waals surface area (Å²) < 4.78 is 2.15. The number of hydrogen-bond acceptors (Lipinski definition) is 6. The van der Waals surface area contributed by atoms with Gasteiger partial charge in [-0.3, -0.25) is 4.57 Å². The van der Waals surface area contributed by atoms with Crippen LogP contribution in [0.2, 0.25) is 0 Å². The highest BCUT2D eigenvalue weighted by Crippen LogP contribution is 2.35. The number of nitrogens with zero attached hydrogens (tertiary/aromatic N) is 4. The van der Waals surface area contributed by atoms with Crippen molar-refractivity contribution in [2.24, 2.45) is 10.2 Å². The molecule has 1 heterocycles. The van der Waals surface area contributed by atoms with Crippen molar-refractivity contribution in [1.29, 1.82) is 5.26 Å². The molecule has 5 nitrogen and oxygen atoms in total. The molecule has 0 saturated carbocycles. The average Bonchev–Trinajstić information content (AvgIpc) is 2.71. The fourth-order valence-electron chi connectivity index (χ4n) is 1.44. The van der Waals surface area contributed by atoms with Crippen LogP contribution in [0, 0.1) is 15.3 Å². The molecule has 19 heavy (non-hydrogen) atoms. The van der Waals surface area contributed by atoms with Crippen molar-refractivity contribution in [3.63, 3.8) is 0 Å². The van der Waals surface area contributed by atoms with Gasteiger partial charge < -0.3 is 5.11 Å². The van der Waals surface area contributed by atoms with Crippen LogP contribution in [0.3, 0.4) is 0 Å². The third-order valence-corrected chi connectivity index (χ3v) is 3.74. The Morgan fingerprint density at radius 2 is 2.05 bits per heavy atom. The van der Waals surface area contributed by atoms with Gasteiger partial charge in [0.05, 0.1) is 17.3 Å². The van der Waals surface area contributed by atoms with E-state index in [2.05, 4.69) is 10.2 Å². The fourth-order valence-corrected chi connectivity index (χ4v) is 2.66. The second-order valence-corrected chi connectivity index (χ2v) is 5.22. The maximum atomic E-state index is 9.88. The Morgan fingerprint density at radius 1 is 1.37 bits per heavy atom. The van der Waals surface area contributed by atoms with Crippen LogP contribution in [-0.4, -0.2) is 9.67 Å². The lowest BCUT2D eigenvalue weighted by Crippen LogP contribution is -1.90. The Hall–Kier alpha value is -2.04. The van der Waals surface area contributed by atoms with Gasteiger partial charge in [-0.1, -0.05) is 11.3 Å². The topological polar surface area (TPSA) is 73.7 Å². The number of azo groups is 1. The summed E-state index contributed by atoms with van der Waals surface area (Å²) in [5.41, 5.74) is 1.18. The largest absolute Gasteiger partial charge is 0.492 e. The van der Waals surface area contributed by atoms with Gasteiger partial charge in [-0.15, -0.1) is 10.2 Å². The molecule has 0 radical (unpaired) electrons. The Labute approximate surface area is 119 Å². The summed E-state index contributed by atoms with van der Waals surface area (Å²) in [5.74, 6) is 0.0369. The summed E-state index contributed by atoms with van der Waals surface area (Å²) in [6.45, 7) is 2.48. The van der Waals surface area contributed by atoms with E-state index in [9.17, 15) is 5.11 Å². The molecule has 0 aliphatic carbocycles. The standard InChI is InChI=1S/C12H10N4OS2/c1-2-16-11(17)10(19-12(16)18)15-14-9-5-3-8(7-13)4-6-9/h3-6,17H,2H2,1H3. The van der Waals surface area contributed by atoms with Gasteiger partial charge in [0.2, 0.25) is 10.9 Å². The minimum Gasteiger partial charge on any atom is -0.492 e. The van der Waals surface area contributed by atoms with Gasteiger partial charge in [0, 0.05) is 6.54 Å². The summed E-state index contributed by atoms with van der Waals surface area (Å²) in [4.78, 5) is 0. The van der Waals surface area contributed by atoms with Gasteiger partial charge in [0.1, 0.15) is 0 Å². The van der Waals surface area contributed by atoms with E-state index in [1.54, 1.807) is 28.8 Å². The highest BCUT2D eigenvalue weighted by atomic mass is 32.1. The Kier molecular flexibility index (Phi) is 4.04. The molecular weight excluding hydrogens is 280 g/mol. The molecule has 1 N–H and O–H groups in total. The predicted octanol–water partition coefficient (Wildman–Crippen LogP) is 4.29. The van der Waals surface area contributed by atoms with Gasteiger partial charge in [0.25, 0.3) is 0 Å². The molecule has 0 amide bonds. The maximum Gasteiger partial charge on any atom is 0.232 e. The van der Waals surface area contributed by atoms with Crippen LogP contribution in [0.4, 0.5) is 10.7 Å². The summed E-state index contributed by atoms with van der Waals surface area (Å²) in [7, 11) is 0. The monoisotopic (exact) mass is 290 g/mol. The van der Waals surface area contributed by atoms with Crippen molar-refractivity contribution < 1.29 is 5.11 Å².